The zero-order valence-electron chi connectivity index (χ0n) is 14.6. The summed E-state index contributed by atoms with van der Waals surface area (Å²) in [6.45, 7) is 1.47. The van der Waals surface area contributed by atoms with Crippen molar-refractivity contribution in [3.8, 4) is 0 Å². The molecule has 7 heteroatoms. The minimum atomic E-state index is -3.68. The van der Waals surface area contributed by atoms with Gasteiger partial charge >= 0.3 is 0 Å². The molecular weight excluding hydrogens is 372 g/mol. The van der Waals surface area contributed by atoms with E-state index in [2.05, 4.69) is 0 Å². The molecular formula is C19H21ClN2O3S. The fraction of sp³-hybridized carbons (Fsp3) is 0.316. The van der Waals surface area contributed by atoms with Crippen molar-refractivity contribution in [2.45, 2.75) is 24.2 Å². The predicted octanol–water partition coefficient (Wildman–Crippen LogP) is 3.79. The van der Waals surface area contributed by atoms with E-state index in [4.69, 9.17) is 11.6 Å². The fourth-order valence-electron chi connectivity index (χ4n) is 3.03. The quantitative estimate of drug-likeness (QED) is 0.795. The number of halogens is 1. The number of amides is 1. The van der Waals surface area contributed by atoms with Crippen LogP contribution < -0.4 is 4.31 Å². The fourth-order valence-corrected chi connectivity index (χ4v) is 4.49. The summed E-state index contributed by atoms with van der Waals surface area (Å²) in [5.41, 5.74) is 0.817. The number of nitrogens with zero attached hydrogens (tertiary/aromatic N) is 2. The summed E-state index contributed by atoms with van der Waals surface area (Å²) in [5, 5.41) is 0.258. The van der Waals surface area contributed by atoms with Crippen LogP contribution in [-0.2, 0) is 10.0 Å². The second-order valence-corrected chi connectivity index (χ2v) is 8.68. The number of piperidine rings is 1. The zero-order valence-corrected chi connectivity index (χ0v) is 16.1. The van der Waals surface area contributed by atoms with Gasteiger partial charge in [0.1, 0.15) is 0 Å². The highest BCUT2D eigenvalue weighted by Gasteiger charge is 2.24. The van der Waals surface area contributed by atoms with Gasteiger partial charge in [-0.05, 0) is 49.6 Å². The SMILES string of the molecule is CN(c1ccc(C(=O)N2CCCCC2)c(Cl)c1)S(=O)(=O)c1ccccc1. The Hall–Kier alpha value is -2.05. The molecule has 0 unspecified atom stereocenters. The molecule has 1 saturated heterocycles. The van der Waals surface area contributed by atoms with Crippen LogP contribution >= 0.6 is 11.6 Å². The van der Waals surface area contributed by atoms with E-state index in [1.54, 1.807) is 47.4 Å². The van der Waals surface area contributed by atoms with Gasteiger partial charge in [-0.25, -0.2) is 8.42 Å². The standard InChI is InChI=1S/C19H21ClN2O3S/c1-21(26(24,25)16-8-4-2-5-9-16)15-10-11-17(18(20)14-15)19(23)22-12-6-3-7-13-22/h2,4-5,8-11,14H,3,6-7,12-13H2,1H3. The first kappa shape index (κ1) is 18.7. The van der Waals surface area contributed by atoms with Crippen molar-refractivity contribution in [3.63, 3.8) is 0 Å². The molecule has 0 aromatic heterocycles. The molecule has 1 heterocycles. The highest BCUT2D eigenvalue weighted by atomic mass is 35.5. The summed E-state index contributed by atoms with van der Waals surface area (Å²) >= 11 is 6.31. The lowest BCUT2D eigenvalue weighted by molar-refractivity contribution is 0.0724. The van der Waals surface area contributed by atoms with Crippen LogP contribution in [-0.4, -0.2) is 39.4 Å². The average molecular weight is 393 g/mol. The maximum Gasteiger partial charge on any atom is 0.264 e. The molecule has 1 amide bonds. The Balaban J connectivity index is 1.86. The van der Waals surface area contributed by atoms with Gasteiger partial charge in [0.05, 0.1) is 21.2 Å². The molecule has 26 heavy (non-hydrogen) atoms. The van der Waals surface area contributed by atoms with E-state index in [0.29, 0.717) is 11.3 Å². The van der Waals surface area contributed by atoms with Gasteiger partial charge in [-0.2, -0.15) is 0 Å². The van der Waals surface area contributed by atoms with E-state index < -0.39 is 10.0 Å². The Morgan fingerprint density at radius 3 is 2.31 bits per heavy atom. The first-order valence-electron chi connectivity index (χ1n) is 8.54. The molecule has 0 spiro atoms. The molecule has 2 aromatic carbocycles. The van der Waals surface area contributed by atoms with E-state index >= 15 is 0 Å². The number of benzene rings is 2. The van der Waals surface area contributed by atoms with Crippen LogP contribution in [0.1, 0.15) is 29.6 Å². The number of carbonyl (C=O) groups excluding carboxylic acids is 1. The van der Waals surface area contributed by atoms with E-state index in [1.807, 2.05) is 0 Å². The van der Waals surface area contributed by atoms with Crippen LogP contribution in [0.3, 0.4) is 0 Å². The number of carbonyl (C=O) groups is 1. The van der Waals surface area contributed by atoms with Crippen LogP contribution in [0.4, 0.5) is 5.69 Å². The van der Waals surface area contributed by atoms with Crippen LogP contribution in [0, 0.1) is 0 Å². The molecule has 0 radical (unpaired) electrons. The summed E-state index contributed by atoms with van der Waals surface area (Å²) in [6, 6.07) is 12.9. The Morgan fingerprint density at radius 1 is 1.04 bits per heavy atom. The Labute approximate surface area is 159 Å². The Kier molecular flexibility index (Phi) is 5.53. The maximum atomic E-state index is 12.7. The summed E-state index contributed by atoms with van der Waals surface area (Å²) in [4.78, 5) is 14.6. The molecule has 0 atom stereocenters. The van der Waals surface area contributed by atoms with Gasteiger partial charge in [-0.3, -0.25) is 9.10 Å². The third kappa shape index (κ3) is 3.71. The van der Waals surface area contributed by atoms with Gasteiger partial charge in [-0.15, -0.1) is 0 Å². The lowest BCUT2D eigenvalue weighted by Crippen LogP contribution is -2.35. The molecule has 1 fully saturated rings. The van der Waals surface area contributed by atoms with E-state index in [-0.39, 0.29) is 15.8 Å². The lowest BCUT2D eigenvalue weighted by Gasteiger charge is -2.27. The van der Waals surface area contributed by atoms with Crippen LogP contribution in [0.25, 0.3) is 0 Å². The highest BCUT2D eigenvalue weighted by molar-refractivity contribution is 7.92. The molecule has 0 saturated carbocycles. The molecule has 0 aliphatic carbocycles. The first-order chi connectivity index (χ1) is 12.4. The van der Waals surface area contributed by atoms with Gasteiger partial charge in [-0.1, -0.05) is 29.8 Å². The third-order valence-corrected chi connectivity index (χ3v) is 6.70. The van der Waals surface area contributed by atoms with Crippen molar-refractivity contribution in [1.29, 1.82) is 0 Å². The van der Waals surface area contributed by atoms with Gasteiger partial charge in [0.2, 0.25) is 0 Å². The van der Waals surface area contributed by atoms with Crippen molar-refractivity contribution in [2.75, 3.05) is 24.4 Å². The predicted molar refractivity (Wildman–Crippen MR) is 103 cm³/mol. The Morgan fingerprint density at radius 2 is 1.69 bits per heavy atom. The normalized spacial score (nSPS) is 14.9. The van der Waals surface area contributed by atoms with E-state index in [9.17, 15) is 13.2 Å². The summed E-state index contributed by atoms with van der Waals surface area (Å²) in [7, 11) is -2.21. The van der Waals surface area contributed by atoms with Crippen molar-refractivity contribution in [3.05, 3.63) is 59.1 Å². The summed E-state index contributed by atoms with van der Waals surface area (Å²) in [6.07, 6.45) is 3.14. The van der Waals surface area contributed by atoms with Crippen LogP contribution in [0.15, 0.2) is 53.4 Å². The molecule has 0 bridgehead atoms. The molecule has 5 nitrogen and oxygen atoms in total. The number of likely N-dealkylation sites (tertiary alicyclic amines) is 1. The number of sulfonamides is 1. The number of hydrogen-bond acceptors (Lipinski definition) is 3. The molecule has 2 aromatic rings. The van der Waals surface area contributed by atoms with E-state index in [1.165, 1.54) is 17.4 Å². The van der Waals surface area contributed by atoms with E-state index in [0.717, 1.165) is 32.4 Å². The molecule has 3 rings (SSSR count). The number of anilines is 1. The molecule has 1 aliphatic rings. The van der Waals surface area contributed by atoms with Crippen LogP contribution in [0.2, 0.25) is 5.02 Å². The van der Waals surface area contributed by atoms with Gasteiger partial charge in [0.25, 0.3) is 15.9 Å². The lowest BCUT2D eigenvalue weighted by atomic mass is 10.1. The molecule has 1 aliphatic heterocycles. The number of rotatable bonds is 4. The van der Waals surface area contributed by atoms with Crippen LogP contribution in [0.5, 0.6) is 0 Å². The summed E-state index contributed by atoms with van der Waals surface area (Å²) in [5.74, 6) is -0.102. The second kappa shape index (κ2) is 7.68. The van der Waals surface area contributed by atoms with Gasteiger partial charge < -0.3 is 4.90 Å². The van der Waals surface area contributed by atoms with Gasteiger partial charge in [0, 0.05) is 20.1 Å². The monoisotopic (exact) mass is 392 g/mol. The van der Waals surface area contributed by atoms with Crippen molar-refractivity contribution < 1.29 is 13.2 Å². The van der Waals surface area contributed by atoms with Gasteiger partial charge in [0.15, 0.2) is 0 Å². The minimum absolute atomic E-state index is 0.102. The zero-order chi connectivity index (χ0) is 18.7. The highest BCUT2D eigenvalue weighted by Crippen LogP contribution is 2.28. The maximum absolute atomic E-state index is 12.7. The smallest absolute Gasteiger partial charge is 0.264 e. The van der Waals surface area contributed by atoms with Crippen molar-refractivity contribution in [1.82, 2.24) is 4.90 Å². The van der Waals surface area contributed by atoms with Crippen molar-refractivity contribution >= 4 is 33.2 Å². The molecule has 138 valence electrons. The van der Waals surface area contributed by atoms with Crippen molar-refractivity contribution in [2.24, 2.45) is 0 Å². The second-order valence-electron chi connectivity index (χ2n) is 6.30. The third-order valence-electron chi connectivity index (χ3n) is 4.59. The Bertz CT molecular complexity index is 894. The number of hydrogen-bond donors (Lipinski definition) is 0. The summed E-state index contributed by atoms with van der Waals surface area (Å²) < 4.78 is 26.6. The minimum Gasteiger partial charge on any atom is -0.339 e. The topological polar surface area (TPSA) is 57.7 Å². The molecule has 0 N–H and O–H groups in total. The first-order valence-corrected chi connectivity index (χ1v) is 10.4. The largest absolute Gasteiger partial charge is 0.339 e. The average Bonchev–Trinajstić information content (AvgIpc) is 2.68.